The largest absolute Gasteiger partial charge is 0.458 e. The average Bonchev–Trinajstić information content (AvgIpc) is 3.43. The van der Waals surface area contributed by atoms with Gasteiger partial charge in [0.05, 0.1) is 6.54 Å². The first-order valence-electron chi connectivity index (χ1n) is 10.8. The summed E-state index contributed by atoms with van der Waals surface area (Å²) in [5.41, 5.74) is 1.45. The lowest BCUT2D eigenvalue weighted by atomic mass is 9.98. The number of hydrogen-bond donors (Lipinski definition) is 1. The van der Waals surface area contributed by atoms with Gasteiger partial charge in [0.2, 0.25) is 0 Å². The van der Waals surface area contributed by atoms with Crippen molar-refractivity contribution >= 4 is 28.7 Å². The van der Waals surface area contributed by atoms with Gasteiger partial charge in [0.25, 0.3) is 5.91 Å². The number of furan rings is 1. The van der Waals surface area contributed by atoms with Gasteiger partial charge in [-0.3, -0.25) is 14.5 Å². The second kappa shape index (κ2) is 7.69. The Balaban J connectivity index is 1.43. The molecule has 1 aliphatic heterocycles. The van der Waals surface area contributed by atoms with Gasteiger partial charge < -0.3 is 14.3 Å². The van der Waals surface area contributed by atoms with Crippen molar-refractivity contribution in [2.75, 3.05) is 6.54 Å². The van der Waals surface area contributed by atoms with Crippen LogP contribution in [0.2, 0.25) is 0 Å². The maximum absolute atomic E-state index is 13.7. The fourth-order valence-electron chi connectivity index (χ4n) is 4.52. The number of ketones is 1. The lowest BCUT2D eigenvalue weighted by Gasteiger charge is -2.18. The summed E-state index contributed by atoms with van der Waals surface area (Å²) >= 11 is 0. The number of amides is 3. The number of carbonyl (C=O) groups is 3. The third-order valence-corrected chi connectivity index (χ3v) is 6.29. The van der Waals surface area contributed by atoms with Gasteiger partial charge in [-0.15, -0.1) is 0 Å². The molecule has 0 unspecified atom stereocenters. The number of carbonyl (C=O) groups excluding carboxylic acids is 3. The zero-order valence-electron chi connectivity index (χ0n) is 18.9. The molecule has 0 aliphatic carbocycles. The molecule has 172 valence electrons. The van der Waals surface area contributed by atoms with Crippen LogP contribution in [0, 0.1) is 19.7 Å². The number of urea groups is 1. The van der Waals surface area contributed by atoms with E-state index in [1.165, 1.54) is 12.1 Å². The second-order valence-electron chi connectivity index (χ2n) is 8.62. The molecule has 3 amide bonds. The molecule has 1 saturated heterocycles. The number of para-hydroxylation sites is 1. The Hall–Kier alpha value is -4.20. The second-order valence-corrected chi connectivity index (χ2v) is 8.62. The third-order valence-electron chi connectivity index (χ3n) is 6.29. The molecular weight excluding hydrogens is 437 g/mol. The van der Waals surface area contributed by atoms with E-state index in [0.717, 1.165) is 16.0 Å². The predicted molar refractivity (Wildman–Crippen MR) is 123 cm³/mol. The van der Waals surface area contributed by atoms with Crippen LogP contribution in [-0.4, -0.2) is 33.7 Å². The Morgan fingerprint density at radius 1 is 1.06 bits per heavy atom. The van der Waals surface area contributed by atoms with E-state index in [4.69, 9.17) is 4.42 Å². The van der Waals surface area contributed by atoms with Gasteiger partial charge in [0, 0.05) is 28.0 Å². The minimum atomic E-state index is -1.42. The van der Waals surface area contributed by atoms with Crippen molar-refractivity contribution in [3.63, 3.8) is 0 Å². The molecule has 0 spiro atoms. The zero-order valence-corrected chi connectivity index (χ0v) is 18.9. The summed E-state index contributed by atoms with van der Waals surface area (Å²) in [6.07, 6.45) is 0. The summed E-state index contributed by atoms with van der Waals surface area (Å²) in [5.74, 6) is -1.05. The molecule has 0 radical (unpaired) electrons. The van der Waals surface area contributed by atoms with Crippen molar-refractivity contribution in [2.24, 2.45) is 0 Å². The SMILES string of the molecule is Cc1cc(C(=O)CN2C(=O)N[C@@](C)(c3cc4ccccc4o3)C2=O)c(C)n1-c1cccc(F)c1. The van der Waals surface area contributed by atoms with E-state index >= 15 is 0 Å². The van der Waals surface area contributed by atoms with Crippen LogP contribution in [0.5, 0.6) is 0 Å². The van der Waals surface area contributed by atoms with Crippen LogP contribution in [-0.2, 0) is 10.3 Å². The van der Waals surface area contributed by atoms with Crippen molar-refractivity contribution in [3.05, 3.63) is 89.2 Å². The molecule has 1 aliphatic rings. The molecule has 5 rings (SSSR count). The van der Waals surface area contributed by atoms with Gasteiger partial charge in [0.15, 0.2) is 11.3 Å². The third kappa shape index (κ3) is 3.30. The molecule has 1 atom stereocenters. The van der Waals surface area contributed by atoms with E-state index in [9.17, 15) is 18.8 Å². The number of halogens is 1. The summed E-state index contributed by atoms with van der Waals surface area (Å²) < 4.78 is 21.3. The Kier molecular flexibility index (Phi) is 4.89. The van der Waals surface area contributed by atoms with Crippen LogP contribution in [0.25, 0.3) is 16.7 Å². The van der Waals surface area contributed by atoms with Crippen molar-refractivity contribution < 1.29 is 23.2 Å². The number of Topliss-reactive ketones (excluding diaryl/α,β-unsaturated/α-hetero) is 1. The number of imide groups is 1. The van der Waals surface area contributed by atoms with E-state index in [1.54, 1.807) is 55.7 Å². The summed E-state index contributed by atoms with van der Waals surface area (Å²) in [4.78, 5) is 40.1. The Labute approximate surface area is 194 Å². The van der Waals surface area contributed by atoms with Crippen LogP contribution in [0.15, 0.2) is 65.1 Å². The van der Waals surface area contributed by atoms with Crippen LogP contribution >= 0.6 is 0 Å². The van der Waals surface area contributed by atoms with Crippen molar-refractivity contribution in [2.45, 2.75) is 26.3 Å². The van der Waals surface area contributed by atoms with E-state index in [0.29, 0.717) is 28.3 Å². The number of benzene rings is 2. The minimum absolute atomic E-state index is 0.297. The maximum atomic E-state index is 13.7. The maximum Gasteiger partial charge on any atom is 0.325 e. The highest BCUT2D eigenvalue weighted by Gasteiger charge is 2.51. The van der Waals surface area contributed by atoms with Crippen LogP contribution in [0.1, 0.15) is 34.4 Å². The first kappa shape index (κ1) is 21.6. The fraction of sp³-hybridized carbons (Fsp3) is 0.192. The van der Waals surface area contributed by atoms with Gasteiger partial charge in [-0.25, -0.2) is 9.18 Å². The minimum Gasteiger partial charge on any atom is -0.458 e. The zero-order chi connectivity index (χ0) is 24.2. The van der Waals surface area contributed by atoms with Crippen LogP contribution in [0.3, 0.4) is 0 Å². The highest BCUT2D eigenvalue weighted by Crippen LogP contribution is 2.33. The number of aryl methyl sites for hydroxylation is 1. The number of fused-ring (bicyclic) bond motifs is 1. The molecule has 0 bridgehead atoms. The Bertz CT molecular complexity index is 1450. The lowest BCUT2D eigenvalue weighted by Crippen LogP contribution is -2.41. The summed E-state index contributed by atoms with van der Waals surface area (Å²) in [6.45, 7) is 4.69. The smallest absolute Gasteiger partial charge is 0.325 e. The van der Waals surface area contributed by atoms with E-state index in [-0.39, 0.29) is 5.82 Å². The van der Waals surface area contributed by atoms with Gasteiger partial charge in [-0.2, -0.15) is 0 Å². The standard InChI is InChI=1S/C26H22FN3O4/c1-15-11-20(16(2)30(15)19-9-6-8-18(27)13-19)21(31)14-29-24(32)26(3,28-25(29)33)23-12-17-7-4-5-10-22(17)34-23/h4-13H,14H2,1-3H3,(H,28,33)/t26-/m0/s1. The quantitative estimate of drug-likeness (QED) is 0.348. The highest BCUT2D eigenvalue weighted by atomic mass is 19.1. The van der Waals surface area contributed by atoms with E-state index in [2.05, 4.69) is 5.32 Å². The molecule has 7 nitrogen and oxygen atoms in total. The number of rotatable bonds is 5. The molecule has 4 aromatic rings. The first-order valence-corrected chi connectivity index (χ1v) is 10.8. The van der Waals surface area contributed by atoms with Crippen molar-refractivity contribution in [3.8, 4) is 5.69 Å². The monoisotopic (exact) mass is 459 g/mol. The summed E-state index contributed by atoms with van der Waals surface area (Å²) in [5, 5.41) is 3.48. The number of nitrogens with zero attached hydrogens (tertiary/aromatic N) is 2. The molecule has 1 fully saturated rings. The lowest BCUT2D eigenvalue weighted by molar-refractivity contribution is -0.131. The van der Waals surface area contributed by atoms with Gasteiger partial charge in [0.1, 0.15) is 17.2 Å². The summed E-state index contributed by atoms with van der Waals surface area (Å²) in [6, 6.07) is 16.1. The van der Waals surface area contributed by atoms with Crippen molar-refractivity contribution in [1.29, 1.82) is 0 Å². The molecule has 2 aromatic heterocycles. The number of hydrogen-bond acceptors (Lipinski definition) is 4. The Morgan fingerprint density at radius 3 is 2.56 bits per heavy atom. The molecule has 0 saturated carbocycles. The first-order chi connectivity index (χ1) is 16.2. The molecular formula is C26H22FN3O4. The van der Waals surface area contributed by atoms with Gasteiger partial charge in [-0.1, -0.05) is 24.3 Å². The normalized spacial score (nSPS) is 18.1. The molecule has 34 heavy (non-hydrogen) atoms. The van der Waals surface area contributed by atoms with E-state index < -0.39 is 29.8 Å². The Morgan fingerprint density at radius 2 is 1.82 bits per heavy atom. The molecule has 8 heteroatoms. The van der Waals surface area contributed by atoms with Crippen molar-refractivity contribution in [1.82, 2.24) is 14.8 Å². The van der Waals surface area contributed by atoms with Gasteiger partial charge in [-0.05, 0) is 57.2 Å². The van der Waals surface area contributed by atoms with Crippen LogP contribution < -0.4 is 5.32 Å². The van der Waals surface area contributed by atoms with E-state index in [1.807, 2.05) is 18.2 Å². The number of aromatic nitrogens is 1. The average molecular weight is 459 g/mol. The number of nitrogens with one attached hydrogen (secondary N) is 1. The molecule has 1 N–H and O–H groups in total. The highest BCUT2D eigenvalue weighted by molar-refractivity contribution is 6.11. The topological polar surface area (TPSA) is 84.6 Å². The fourth-order valence-corrected chi connectivity index (χ4v) is 4.52. The predicted octanol–water partition coefficient (Wildman–Crippen LogP) is 4.63. The van der Waals surface area contributed by atoms with Crippen LogP contribution in [0.4, 0.5) is 9.18 Å². The summed E-state index contributed by atoms with van der Waals surface area (Å²) in [7, 11) is 0. The van der Waals surface area contributed by atoms with Gasteiger partial charge >= 0.3 is 6.03 Å². The molecule has 2 aromatic carbocycles. The molecule has 3 heterocycles.